The van der Waals surface area contributed by atoms with Crippen molar-refractivity contribution in [2.75, 3.05) is 7.11 Å². The molecule has 2 heterocycles. The molecule has 0 saturated carbocycles. The van der Waals surface area contributed by atoms with Crippen molar-refractivity contribution < 1.29 is 9.53 Å². The first kappa shape index (κ1) is 13.1. The summed E-state index contributed by atoms with van der Waals surface area (Å²) in [5, 5.41) is 6.88. The summed E-state index contributed by atoms with van der Waals surface area (Å²) in [6, 6.07) is 5.52. The summed E-state index contributed by atoms with van der Waals surface area (Å²) in [4.78, 5) is 15.8. The van der Waals surface area contributed by atoms with Crippen molar-refractivity contribution in [1.29, 1.82) is 0 Å². The van der Waals surface area contributed by atoms with Gasteiger partial charge < -0.3 is 10.1 Å². The van der Waals surface area contributed by atoms with Crippen molar-refractivity contribution in [3.05, 3.63) is 42.4 Å². The van der Waals surface area contributed by atoms with E-state index in [4.69, 9.17) is 4.74 Å². The molecule has 0 spiro atoms. The molecule has 2 aromatic rings. The SMILES string of the molecule is COc1ncccc1CNC(=O)CCn1cccn1. The number of pyridine rings is 1. The minimum absolute atomic E-state index is 0.0265. The number of nitrogens with zero attached hydrogens (tertiary/aromatic N) is 3. The Hall–Kier alpha value is -2.37. The van der Waals surface area contributed by atoms with Crippen LogP contribution in [-0.4, -0.2) is 27.8 Å². The second-order valence-corrected chi connectivity index (χ2v) is 3.97. The lowest BCUT2D eigenvalue weighted by atomic mass is 10.2. The van der Waals surface area contributed by atoms with Crippen LogP contribution in [0.4, 0.5) is 0 Å². The maximum absolute atomic E-state index is 11.7. The highest BCUT2D eigenvalue weighted by atomic mass is 16.5. The molecule has 0 fully saturated rings. The first-order valence-corrected chi connectivity index (χ1v) is 6.01. The maximum Gasteiger partial charge on any atom is 0.222 e. The minimum Gasteiger partial charge on any atom is -0.481 e. The Morgan fingerprint density at radius 2 is 2.32 bits per heavy atom. The number of carbonyl (C=O) groups excluding carboxylic acids is 1. The van der Waals surface area contributed by atoms with Gasteiger partial charge in [0, 0.05) is 43.7 Å². The molecule has 1 amide bonds. The second-order valence-electron chi connectivity index (χ2n) is 3.97. The number of nitrogens with one attached hydrogen (secondary N) is 1. The summed E-state index contributed by atoms with van der Waals surface area (Å²) in [5.74, 6) is 0.510. The van der Waals surface area contributed by atoms with E-state index in [1.807, 2.05) is 24.4 Å². The molecule has 2 rings (SSSR count). The smallest absolute Gasteiger partial charge is 0.222 e. The molecule has 1 N–H and O–H groups in total. The average molecular weight is 260 g/mol. The lowest BCUT2D eigenvalue weighted by Crippen LogP contribution is -2.24. The van der Waals surface area contributed by atoms with Crippen LogP contribution in [0.2, 0.25) is 0 Å². The molecule has 100 valence electrons. The highest BCUT2D eigenvalue weighted by Gasteiger charge is 2.06. The number of aryl methyl sites for hydroxylation is 1. The molecule has 0 aliphatic carbocycles. The quantitative estimate of drug-likeness (QED) is 0.841. The summed E-state index contributed by atoms with van der Waals surface area (Å²) in [6.07, 6.45) is 5.57. The lowest BCUT2D eigenvalue weighted by molar-refractivity contribution is -0.121. The monoisotopic (exact) mass is 260 g/mol. The molecule has 19 heavy (non-hydrogen) atoms. The molecular weight excluding hydrogens is 244 g/mol. The predicted octanol–water partition coefficient (Wildman–Crippen LogP) is 0.993. The number of hydrogen-bond acceptors (Lipinski definition) is 4. The fourth-order valence-electron chi connectivity index (χ4n) is 1.67. The standard InChI is InChI=1S/C13H16N4O2/c1-19-13-11(4-2-6-14-13)10-15-12(18)5-9-17-8-3-7-16-17/h2-4,6-8H,5,9-10H2,1H3,(H,15,18). The van der Waals surface area contributed by atoms with E-state index in [0.717, 1.165) is 5.56 Å². The summed E-state index contributed by atoms with van der Waals surface area (Å²) in [5.41, 5.74) is 0.859. The van der Waals surface area contributed by atoms with E-state index in [1.54, 1.807) is 24.2 Å². The molecule has 0 aromatic carbocycles. The highest BCUT2D eigenvalue weighted by Crippen LogP contribution is 2.12. The van der Waals surface area contributed by atoms with E-state index in [9.17, 15) is 4.79 Å². The van der Waals surface area contributed by atoms with Crippen LogP contribution in [-0.2, 0) is 17.9 Å². The van der Waals surface area contributed by atoms with Gasteiger partial charge in [-0.25, -0.2) is 4.98 Å². The topological polar surface area (TPSA) is 69.0 Å². The lowest BCUT2D eigenvalue weighted by Gasteiger charge is -2.08. The van der Waals surface area contributed by atoms with Crippen molar-refractivity contribution >= 4 is 5.91 Å². The van der Waals surface area contributed by atoms with Crippen LogP contribution in [0.25, 0.3) is 0 Å². The summed E-state index contributed by atoms with van der Waals surface area (Å²) >= 11 is 0. The molecule has 0 bridgehead atoms. The normalized spacial score (nSPS) is 10.2. The summed E-state index contributed by atoms with van der Waals surface area (Å²) in [6.45, 7) is 0.984. The predicted molar refractivity (Wildman–Crippen MR) is 69.5 cm³/mol. The zero-order valence-electron chi connectivity index (χ0n) is 10.7. The fraction of sp³-hybridized carbons (Fsp3) is 0.308. The van der Waals surface area contributed by atoms with E-state index < -0.39 is 0 Å². The molecule has 0 unspecified atom stereocenters. The van der Waals surface area contributed by atoms with Gasteiger partial charge in [-0.3, -0.25) is 9.48 Å². The molecule has 2 aromatic heterocycles. The molecule has 0 aliphatic rings. The summed E-state index contributed by atoms with van der Waals surface area (Å²) in [7, 11) is 1.56. The van der Waals surface area contributed by atoms with Gasteiger partial charge in [0.1, 0.15) is 0 Å². The number of aromatic nitrogens is 3. The molecule has 6 heteroatoms. The number of ether oxygens (including phenoxy) is 1. The molecule has 0 saturated heterocycles. The van der Waals surface area contributed by atoms with Crippen molar-refractivity contribution in [3.63, 3.8) is 0 Å². The third kappa shape index (κ3) is 3.80. The Morgan fingerprint density at radius 3 is 3.05 bits per heavy atom. The fourth-order valence-corrected chi connectivity index (χ4v) is 1.67. The molecule has 0 radical (unpaired) electrons. The van der Waals surface area contributed by atoms with Gasteiger partial charge in [-0.15, -0.1) is 0 Å². The Morgan fingerprint density at radius 1 is 1.42 bits per heavy atom. The third-order valence-corrected chi connectivity index (χ3v) is 2.65. The Labute approximate surface area is 111 Å². The zero-order valence-corrected chi connectivity index (χ0v) is 10.7. The van der Waals surface area contributed by atoms with Gasteiger partial charge in [-0.05, 0) is 12.1 Å². The van der Waals surface area contributed by atoms with E-state index in [-0.39, 0.29) is 5.91 Å². The van der Waals surface area contributed by atoms with E-state index >= 15 is 0 Å². The Kier molecular flexibility index (Phi) is 4.49. The minimum atomic E-state index is -0.0265. The highest BCUT2D eigenvalue weighted by molar-refractivity contribution is 5.75. The first-order chi connectivity index (χ1) is 9.29. The van der Waals surface area contributed by atoms with Crippen LogP contribution in [0.5, 0.6) is 5.88 Å². The van der Waals surface area contributed by atoms with Crippen molar-refractivity contribution in [2.24, 2.45) is 0 Å². The number of hydrogen-bond donors (Lipinski definition) is 1. The molecule has 6 nitrogen and oxygen atoms in total. The van der Waals surface area contributed by atoms with Gasteiger partial charge in [0.25, 0.3) is 0 Å². The number of amides is 1. The van der Waals surface area contributed by atoms with Crippen molar-refractivity contribution in [3.8, 4) is 5.88 Å². The first-order valence-electron chi connectivity index (χ1n) is 6.01. The number of rotatable bonds is 6. The second kappa shape index (κ2) is 6.53. The molecule has 0 atom stereocenters. The van der Waals surface area contributed by atoms with E-state index in [0.29, 0.717) is 25.4 Å². The number of carbonyl (C=O) groups is 1. The van der Waals surface area contributed by atoms with Gasteiger partial charge in [-0.1, -0.05) is 6.07 Å². The maximum atomic E-state index is 11.7. The van der Waals surface area contributed by atoms with Crippen LogP contribution in [0.1, 0.15) is 12.0 Å². The average Bonchev–Trinajstić information content (AvgIpc) is 2.96. The van der Waals surface area contributed by atoms with Gasteiger partial charge in [0.15, 0.2) is 0 Å². The van der Waals surface area contributed by atoms with E-state index in [2.05, 4.69) is 15.4 Å². The van der Waals surface area contributed by atoms with Crippen LogP contribution in [0.3, 0.4) is 0 Å². The summed E-state index contributed by atoms with van der Waals surface area (Å²) < 4.78 is 6.85. The van der Waals surface area contributed by atoms with Gasteiger partial charge in [0.2, 0.25) is 11.8 Å². The van der Waals surface area contributed by atoms with Crippen molar-refractivity contribution in [1.82, 2.24) is 20.1 Å². The third-order valence-electron chi connectivity index (χ3n) is 2.65. The van der Waals surface area contributed by atoms with Gasteiger partial charge in [0.05, 0.1) is 7.11 Å². The van der Waals surface area contributed by atoms with Crippen LogP contribution in [0, 0.1) is 0 Å². The van der Waals surface area contributed by atoms with Gasteiger partial charge in [-0.2, -0.15) is 5.10 Å². The van der Waals surface area contributed by atoms with Crippen molar-refractivity contribution in [2.45, 2.75) is 19.5 Å². The van der Waals surface area contributed by atoms with Crippen LogP contribution in [0.15, 0.2) is 36.8 Å². The Balaban J connectivity index is 1.80. The zero-order chi connectivity index (χ0) is 13.5. The van der Waals surface area contributed by atoms with Crippen LogP contribution < -0.4 is 10.1 Å². The largest absolute Gasteiger partial charge is 0.481 e. The number of methoxy groups -OCH3 is 1. The molecule has 0 aliphatic heterocycles. The van der Waals surface area contributed by atoms with Crippen LogP contribution >= 0.6 is 0 Å². The Bertz CT molecular complexity index is 525. The molecular formula is C13H16N4O2. The van der Waals surface area contributed by atoms with E-state index in [1.165, 1.54) is 0 Å². The van der Waals surface area contributed by atoms with Gasteiger partial charge >= 0.3 is 0 Å².